The highest BCUT2D eigenvalue weighted by molar-refractivity contribution is 14.1. The molecule has 0 radical (unpaired) electrons. The van der Waals surface area contributed by atoms with Crippen LogP contribution in [0.4, 0.5) is 23.1 Å². The Morgan fingerprint density at radius 1 is 1.26 bits per heavy atom. The van der Waals surface area contributed by atoms with Gasteiger partial charge < -0.3 is 26.0 Å². The van der Waals surface area contributed by atoms with Crippen LogP contribution in [0.25, 0.3) is 0 Å². The van der Waals surface area contributed by atoms with E-state index in [2.05, 4.69) is 42.4 Å². The number of aromatic nitrogens is 2. The topological polar surface area (TPSA) is 111 Å². The number of ether oxygens (including phenoxy) is 1. The summed E-state index contributed by atoms with van der Waals surface area (Å²) >= 11 is 2.42. The fourth-order valence-corrected chi connectivity index (χ4v) is 4.32. The number of benzene rings is 1. The Kier molecular flexibility index (Phi) is 5.88. The quantitative estimate of drug-likeness (QED) is 0.296. The second-order valence-corrected chi connectivity index (χ2v) is 7.68. The van der Waals surface area contributed by atoms with Gasteiger partial charge in [0.05, 0.1) is 21.9 Å². The molecule has 1 aliphatic rings. The van der Waals surface area contributed by atoms with E-state index < -0.39 is 0 Å². The van der Waals surface area contributed by atoms with Crippen LogP contribution >= 0.6 is 22.6 Å². The number of halogens is 1. The fraction of sp³-hybridized carbons (Fsp3) is 0.389. The lowest BCUT2D eigenvalue weighted by molar-refractivity contribution is 0.0526. The number of hydrogen-bond donors (Lipinski definition) is 2. The molecule has 1 atom stereocenters. The smallest absolute Gasteiger partial charge is 0.338 e. The lowest BCUT2D eigenvalue weighted by atomic mass is 10.1. The molecule has 4 N–H and O–H groups in total. The first kappa shape index (κ1) is 19.5. The number of esters is 1. The lowest BCUT2D eigenvalue weighted by Crippen LogP contribution is -2.51. The third kappa shape index (κ3) is 4.18. The molecule has 1 unspecified atom stereocenters. The maximum Gasteiger partial charge on any atom is 0.338 e. The first-order valence-electron chi connectivity index (χ1n) is 8.73. The SMILES string of the molecule is CCOC(=O)c1ccc(N2CCN(c3c(C)nc(N)nc3N)CC2I)cc1. The van der Waals surface area contributed by atoms with Gasteiger partial charge in [0.15, 0.2) is 5.82 Å². The standard InChI is InChI=1S/C18H23IN6O2/c1-3-27-17(26)12-4-6-13(7-5-12)25-9-8-24(10-14(25)19)15-11(2)22-18(21)23-16(15)20/h4-7,14H,3,8-10H2,1-2H3,(H4,20,21,22,23). The molecule has 1 aromatic carbocycles. The number of nitrogen functional groups attached to an aromatic ring is 2. The summed E-state index contributed by atoms with van der Waals surface area (Å²) in [5.74, 6) is 0.310. The van der Waals surface area contributed by atoms with E-state index in [1.807, 2.05) is 19.1 Å². The molecule has 9 heteroatoms. The highest BCUT2D eigenvalue weighted by atomic mass is 127. The summed E-state index contributed by atoms with van der Waals surface area (Å²) in [5, 5.41) is 0. The number of aryl methyl sites for hydroxylation is 1. The number of anilines is 4. The van der Waals surface area contributed by atoms with Crippen molar-refractivity contribution in [3.8, 4) is 0 Å². The minimum absolute atomic E-state index is 0.195. The highest BCUT2D eigenvalue weighted by Gasteiger charge is 2.28. The van der Waals surface area contributed by atoms with Crippen molar-refractivity contribution in [2.75, 3.05) is 47.5 Å². The van der Waals surface area contributed by atoms with Crippen molar-refractivity contribution in [2.45, 2.75) is 17.9 Å². The summed E-state index contributed by atoms with van der Waals surface area (Å²) < 4.78 is 5.26. The van der Waals surface area contributed by atoms with Gasteiger partial charge in [-0.05, 0) is 38.1 Å². The van der Waals surface area contributed by atoms with E-state index in [0.717, 1.165) is 36.7 Å². The number of alkyl halides is 1. The fourth-order valence-electron chi connectivity index (χ4n) is 3.24. The van der Waals surface area contributed by atoms with Crippen LogP contribution in [0.3, 0.4) is 0 Å². The first-order chi connectivity index (χ1) is 12.9. The molecule has 1 fully saturated rings. The number of carbonyl (C=O) groups excluding carboxylic acids is 1. The predicted molar refractivity (Wildman–Crippen MR) is 115 cm³/mol. The van der Waals surface area contributed by atoms with Crippen molar-refractivity contribution >= 4 is 51.7 Å². The Morgan fingerprint density at radius 3 is 2.56 bits per heavy atom. The van der Waals surface area contributed by atoms with Crippen molar-refractivity contribution in [3.63, 3.8) is 0 Å². The summed E-state index contributed by atoms with van der Waals surface area (Å²) in [6.07, 6.45) is 0. The van der Waals surface area contributed by atoms with Gasteiger partial charge >= 0.3 is 5.97 Å². The average molecular weight is 482 g/mol. The van der Waals surface area contributed by atoms with Gasteiger partial charge in [0.1, 0.15) is 5.69 Å². The van der Waals surface area contributed by atoms with Crippen molar-refractivity contribution in [1.82, 2.24) is 9.97 Å². The number of carbonyl (C=O) groups is 1. The van der Waals surface area contributed by atoms with E-state index >= 15 is 0 Å². The summed E-state index contributed by atoms with van der Waals surface area (Å²) in [7, 11) is 0. The number of nitrogens with two attached hydrogens (primary N) is 2. The van der Waals surface area contributed by atoms with Crippen LogP contribution in [-0.4, -0.2) is 46.2 Å². The highest BCUT2D eigenvalue weighted by Crippen LogP contribution is 2.31. The Labute approximate surface area is 172 Å². The van der Waals surface area contributed by atoms with Gasteiger partial charge in [-0.3, -0.25) is 0 Å². The van der Waals surface area contributed by atoms with Gasteiger partial charge in [0.25, 0.3) is 0 Å². The number of piperazine rings is 1. The van der Waals surface area contributed by atoms with Gasteiger partial charge in [-0.1, -0.05) is 22.6 Å². The van der Waals surface area contributed by atoms with Gasteiger partial charge in [0.2, 0.25) is 5.95 Å². The molecular weight excluding hydrogens is 459 g/mol. The largest absolute Gasteiger partial charge is 0.462 e. The lowest BCUT2D eigenvalue weighted by Gasteiger charge is -2.41. The van der Waals surface area contributed by atoms with Crippen molar-refractivity contribution in [1.29, 1.82) is 0 Å². The maximum atomic E-state index is 11.8. The Morgan fingerprint density at radius 2 is 1.96 bits per heavy atom. The molecule has 144 valence electrons. The second-order valence-electron chi connectivity index (χ2n) is 6.24. The molecule has 1 aliphatic heterocycles. The number of hydrogen-bond acceptors (Lipinski definition) is 8. The summed E-state index contributed by atoms with van der Waals surface area (Å²) in [6, 6.07) is 7.52. The van der Waals surface area contributed by atoms with Crippen LogP contribution in [0.15, 0.2) is 24.3 Å². The first-order valence-corrected chi connectivity index (χ1v) is 9.97. The molecule has 1 aromatic heterocycles. The van der Waals surface area contributed by atoms with Crippen LogP contribution < -0.4 is 21.3 Å². The average Bonchev–Trinajstić information content (AvgIpc) is 2.61. The normalized spacial score (nSPS) is 17.1. The van der Waals surface area contributed by atoms with Crippen LogP contribution in [0.5, 0.6) is 0 Å². The maximum absolute atomic E-state index is 11.8. The third-order valence-corrected chi connectivity index (χ3v) is 5.52. The number of rotatable bonds is 4. The summed E-state index contributed by atoms with van der Waals surface area (Å²) in [4.78, 5) is 24.6. The van der Waals surface area contributed by atoms with E-state index in [1.165, 1.54) is 0 Å². The zero-order valence-corrected chi connectivity index (χ0v) is 17.5. The molecule has 0 saturated carbocycles. The van der Waals surface area contributed by atoms with Crippen LogP contribution in [0.2, 0.25) is 0 Å². The van der Waals surface area contributed by atoms with Crippen LogP contribution in [-0.2, 0) is 4.74 Å². The zero-order valence-electron chi connectivity index (χ0n) is 15.4. The molecule has 0 spiro atoms. The van der Waals surface area contributed by atoms with Gasteiger partial charge in [-0.15, -0.1) is 0 Å². The Bertz CT molecular complexity index is 806. The molecular formula is C18H23IN6O2. The minimum atomic E-state index is -0.297. The van der Waals surface area contributed by atoms with Crippen LogP contribution in [0, 0.1) is 6.92 Å². The molecule has 1 saturated heterocycles. The molecule has 27 heavy (non-hydrogen) atoms. The molecule has 8 nitrogen and oxygen atoms in total. The second kappa shape index (κ2) is 8.15. The molecule has 0 amide bonds. The van der Waals surface area contributed by atoms with E-state index in [1.54, 1.807) is 19.1 Å². The zero-order chi connectivity index (χ0) is 19.6. The van der Waals surface area contributed by atoms with Crippen LogP contribution in [0.1, 0.15) is 23.0 Å². The monoisotopic (exact) mass is 482 g/mol. The third-order valence-electron chi connectivity index (χ3n) is 4.45. The Balaban J connectivity index is 1.73. The van der Waals surface area contributed by atoms with E-state index in [0.29, 0.717) is 18.0 Å². The molecule has 2 aromatic rings. The van der Waals surface area contributed by atoms with Crippen molar-refractivity contribution in [3.05, 3.63) is 35.5 Å². The van der Waals surface area contributed by atoms with E-state index in [9.17, 15) is 4.79 Å². The number of nitrogens with zero attached hydrogens (tertiary/aromatic N) is 4. The van der Waals surface area contributed by atoms with Gasteiger partial charge in [0, 0.05) is 25.3 Å². The van der Waals surface area contributed by atoms with Gasteiger partial charge in [-0.2, -0.15) is 4.98 Å². The van der Waals surface area contributed by atoms with E-state index in [4.69, 9.17) is 16.2 Å². The summed E-state index contributed by atoms with van der Waals surface area (Å²) in [6.45, 7) is 6.45. The minimum Gasteiger partial charge on any atom is -0.462 e. The molecule has 3 rings (SSSR count). The summed E-state index contributed by atoms with van der Waals surface area (Å²) in [5.41, 5.74) is 15.0. The molecule has 2 heterocycles. The van der Waals surface area contributed by atoms with Crippen molar-refractivity contribution in [2.24, 2.45) is 0 Å². The van der Waals surface area contributed by atoms with Crippen molar-refractivity contribution < 1.29 is 9.53 Å². The Hall–Kier alpha value is -2.30. The van der Waals surface area contributed by atoms with E-state index in [-0.39, 0.29) is 16.0 Å². The molecule has 0 aliphatic carbocycles. The van der Waals surface area contributed by atoms with Gasteiger partial charge in [-0.25, -0.2) is 9.78 Å². The predicted octanol–water partition coefficient (Wildman–Crippen LogP) is 2.21. The molecule has 0 bridgehead atoms.